The Labute approximate surface area is 217 Å². The van der Waals surface area contributed by atoms with Gasteiger partial charge in [0.05, 0.1) is 30.3 Å². The van der Waals surface area contributed by atoms with Crippen molar-refractivity contribution < 1.29 is 35.4 Å². The molecular formula is C29H50O7. The van der Waals surface area contributed by atoms with Gasteiger partial charge in [0, 0.05) is 30.3 Å². The summed E-state index contributed by atoms with van der Waals surface area (Å²) in [6.07, 6.45) is 9.93. The van der Waals surface area contributed by atoms with Crippen molar-refractivity contribution in [3.05, 3.63) is 48.1 Å². The molecule has 0 aliphatic heterocycles. The summed E-state index contributed by atoms with van der Waals surface area (Å²) < 4.78 is 0. The maximum atomic E-state index is 10.9. The second-order valence-corrected chi connectivity index (χ2v) is 10.4. The van der Waals surface area contributed by atoms with Gasteiger partial charge in [0.15, 0.2) is 0 Å². The van der Waals surface area contributed by atoms with E-state index in [2.05, 4.69) is 13.8 Å². The summed E-state index contributed by atoms with van der Waals surface area (Å²) in [6.45, 7) is 13.0. The first-order valence-electron chi connectivity index (χ1n) is 13.0. The van der Waals surface area contributed by atoms with E-state index in [1.54, 1.807) is 37.3 Å². The quantitative estimate of drug-likeness (QED) is 0.164. The molecule has 36 heavy (non-hydrogen) atoms. The minimum Gasteiger partial charge on any atom is -0.481 e. The summed E-state index contributed by atoms with van der Waals surface area (Å²) in [5.41, 5.74) is 0.796. The highest BCUT2D eigenvalue weighted by Gasteiger charge is 2.20. The summed E-state index contributed by atoms with van der Waals surface area (Å²) in [6, 6.07) is 0. The van der Waals surface area contributed by atoms with E-state index in [0.717, 1.165) is 18.4 Å². The number of aliphatic hydroxyl groups is 5. The van der Waals surface area contributed by atoms with Gasteiger partial charge in [-0.2, -0.15) is 0 Å². The molecule has 0 aromatic rings. The molecule has 0 bridgehead atoms. The summed E-state index contributed by atoms with van der Waals surface area (Å²) >= 11 is 0. The largest absolute Gasteiger partial charge is 0.481 e. The summed E-state index contributed by atoms with van der Waals surface area (Å²) in [5.74, 6) is -2.41. The Morgan fingerprint density at radius 1 is 0.750 bits per heavy atom. The standard InChI is InChI=1S/C29H50O7/c1-8-18(2)15-24(17-30)16-22(6)28(34)21(5)11-13-26(32)19(3)9-12-25(31)20(4)10-14-27(33)23(7)29(35)36/h9-14,16,18-21,23-28,30-34H,8,15,17H2,1-7H3,(H,35,36)/b12-9+,13-11+,14-10+,22-16+/t18-,19-,20-,21-,23+,24+,25-,26-,27-,28+/m0/s1. The average molecular weight is 511 g/mol. The van der Waals surface area contributed by atoms with Crippen LogP contribution in [0.15, 0.2) is 48.1 Å². The molecule has 0 fully saturated rings. The second kappa shape index (κ2) is 17.6. The molecular weight excluding hydrogens is 460 g/mol. The van der Waals surface area contributed by atoms with Crippen molar-refractivity contribution in [2.45, 2.75) is 85.7 Å². The van der Waals surface area contributed by atoms with Crippen molar-refractivity contribution in [2.75, 3.05) is 6.61 Å². The van der Waals surface area contributed by atoms with Gasteiger partial charge in [-0.1, -0.05) is 83.6 Å². The lowest BCUT2D eigenvalue weighted by Gasteiger charge is -2.21. The van der Waals surface area contributed by atoms with E-state index in [4.69, 9.17) is 5.11 Å². The van der Waals surface area contributed by atoms with Crippen molar-refractivity contribution >= 4 is 5.97 Å². The monoisotopic (exact) mass is 510 g/mol. The molecule has 7 heteroatoms. The highest BCUT2D eigenvalue weighted by molar-refractivity contribution is 5.70. The van der Waals surface area contributed by atoms with E-state index < -0.39 is 36.3 Å². The van der Waals surface area contributed by atoms with Crippen LogP contribution < -0.4 is 0 Å². The summed E-state index contributed by atoms with van der Waals surface area (Å²) in [4.78, 5) is 10.9. The lowest BCUT2D eigenvalue weighted by atomic mass is 9.89. The third-order valence-corrected chi connectivity index (χ3v) is 6.91. The van der Waals surface area contributed by atoms with Crippen molar-refractivity contribution in [2.24, 2.45) is 35.5 Å². The molecule has 0 saturated heterocycles. The van der Waals surface area contributed by atoms with E-state index in [9.17, 15) is 30.3 Å². The number of aliphatic carboxylic acids is 1. The van der Waals surface area contributed by atoms with Gasteiger partial charge in [0.2, 0.25) is 0 Å². The minimum atomic E-state index is -1.14. The lowest BCUT2D eigenvalue weighted by Crippen LogP contribution is -2.24. The Balaban J connectivity index is 4.95. The van der Waals surface area contributed by atoms with Crippen molar-refractivity contribution in [3.8, 4) is 0 Å². The SMILES string of the molecule is CC[C@H](C)C[C@H](/C=C(\C)[C@H](O)[C@@H](C)/C=C/[C@H](O)[C@@H](C)/C=C/[C@H](O)[C@@H](C)/C=C/[C@H](O)[C@@H](C)C(=O)O)CO. The first-order chi connectivity index (χ1) is 16.7. The number of hydrogen-bond acceptors (Lipinski definition) is 6. The second-order valence-electron chi connectivity index (χ2n) is 10.4. The third kappa shape index (κ3) is 13.0. The average Bonchev–Trinajstić information content (AvgIpc) is 2.86. The highest BCUT2D eigenvalue weighted by Crippen LogP contribution is 2.21. The number of carboxylic acid groups (broad SMARTS) is 1. The normalized spacial score (nSPS) is 21.7. The molecule has 0 aliphatic rings. The molecule has 0 saturated carbocycles. The molecule has 0 amide bonds. The molecule has 0 radical (unpaired) electrons. The van der Waals surface area contributed by atoms with Crippen LogP contribution in [0, 0.1) is 35.5 Å². The van der Waals surface area contributed by atoms with Gasteiger partial charge in [0.25, 0.3) is 0 Å². The zero-order valence-corrected chi connectivity index (χ0v) is 23.0. The van der Waals surface area contributed by atoms with Gasteiger partial charge in [-0.15, -0.1) is 0 Å². The number of rotatable bonds is 17. The molecule has 208 valence electrons. The van der Waals surface area contributed by atoms with E-state index in [1.165, 1.54) is 13.0 Å². The first-order valence-corrected chi connectivity index (χ1v) is 13.0. The fourth-order valence-electron chi connectivity index (χ4n) is 3.63. The maximum Gasteiger partial charge on any atom is 0.309 e. The Hall–Kier alpha value is -1.77. The van der Waals surface area contributed by atoms with Crippen LogP contribution >= 0.6 is 0 Å². The number of carbonyl (C=O) groups is 1. The van der Waals surface area contributed by atoms with Crippen LogP contribution in [0.25, 0.3) is 0 Å². The van der Waals surface area contributed by atoms with E-state index in [0.29, 0.717) is 5.92 Å². The van der Waals surface area contributed by atoms with Gasteiger partial charge in [-0.05, 0) is 31.8 Å². The van der Waals surface area contributed by atoms with Gasteiger partial charge in [-0.3, -0.25) is 4.79 Å². The van der Waals surface area contributed by atoms with Crippen molar-refractivity contribution in [1.29, 1.82) is 0 Å². The van der Waals surface area contributed by atoms with Crippen molar-refractivity contribution in [3.63, 3.8) is 0 Å². The fourth-order valence-corrected chi connectivity index (χ4v) is 3.63. The summed E-state index contributed by atoms with van der Waals surface area (Å²) in [5, 5.41) is 59.9. The molecule has 0 heterocycles. The molecule has 0 rings (SSSR count). The maximum absolute atomic E-state index is 10.9. The van der Waals surface area contributed by atoms with Gasteiger partial charge in [-0.25, -0.2) is 0 Å². The number of aliphatic hydroxyl groups excluding tert-OH is 5. The van der Waals surface area contributed by atoms with E-state index >= 15 is 0 Å². The van der Waals surface area contributed by atoms with Crippen LogP contribution in [0.4, 0.5) is 0 Å². The molecule has 7 nitrogen and oxygen atoms in total. The molecule has 0 aromatic carbocycles. The van der Waals surface area contributed by atoms with Crippen LogP contribution in [0.3, 0.4) is 0 Å². The van der Waals surface area contributed by atoms with Crippen LogP contribution in [-0.4, -0.2) is 67.6 Å². The Morgan fingerprint density at radius 2 is 1.19 bits per heavy atom. The van der Waals surface area contributed by atoms with Gasteiger partial charge >= 0.3 is 5.97 Å². The molecule has 0 unspecified atom stereocenters. The zero-order valence-electron chi connectivity index (χ0n) is 23.0. The smallest absolute Gasteiger partial charge is 0.309 e. The Kier molecular flexibility index (Phi) is 16.8. The van der Waals surface area contributed by atoms with E-state index in [-0.39, 0.29) is 30.3 Å². The third-order valence-electron chi connectivity index (χ3n) is 6.91. The summed E-state index contributed by atoms with van der Waals surface area (Å²) in [7, 11) is 0. The molecule has 0 aromatic heterocycles. The van der Waals surface area contributed by atoms with Crippen LogP contribution in [-0.2, 0) is 4.79 Å². The molecule has 10 atom stereocenters. The van der Waals surface area contributed by atoms with Crippen LogP contribution in [0.2, 0.25) is 0 Å². The van der Waals surface area contributed by atoms with Crippen LogP contribution in [0.5, 0.6) is 0 Å². The first kappa shape index (κ1) is 34.2. The fraction of sp³-hybridized carbons (Fsp3) is 0.690. The number of hydrogen-bond donors (Lipinski definition) is 6. The van der Waals surface area contributed by atoms with E-state index in [1.807, 2.05) is 26.8 Å². The lowest BCUT2D eigenvalue weighted by molar-refractivity contribution is -0.143. The number of carboxylic acids is 1. The predicted molar refractivity (Wildman–Crippen MR) is 144 cm³/mol. The molecule has 6 N–H and O–H groups in total. The Morgan fingerprint density at radius 3 is 1.61 bits per heavy atom. The highest BCUT2D eigenvalue weighted by atomic mass is 16.4. The predicted octanol–water partition coefficient (Wildman–Crippen LogP) is 3.72. The topological polar surface area (TPSA) is 138 Å². The molecule has 0 spiro atoms. The van der Waals surface area contributed by atoms with Gasteiger partial charge < -0.3 is 30.6 Å². The Bertz CT molecular complexity index is 742. The zero-order chi connectivity index (χ0) is 28.0. The van der Waals surface area contributed by atoms with Crippen molar-refractivity contribution in [1.82, 2.24) is 0 Å². The minimum absolute atomic E-state index is 0.00836. The van der Waals surface area contributed by atoms with Gasteiger partial charge in [0.1, 0.15) is 0 Å². The van der Waals surface area contributed by atoms with Crippen LogP contribution in [0.1, 0.15) is 61.3 Å². The molecule has 0 aliphatic carbocycles.